The summed E-state index contributed by atoms with van der Waals surface area (Å²) in [5.41, 5.74) is 10.3. The largest absolute Gasteiger partial charge is 0.370 e. The number of nitrogens with one attached hydrogen (secondary N) is 1. The van der Waals surface area contributed by atoms with E-state index in [1.165, 1.54) is 11.3 Å². The third-order valence-electron chi connectivity index (χ3n) is 1.62. The van der Waals surface area contributed by atoms with E-state index < -0.39 is 0 Å². The second kappa shape index (κ2) is 4.99. The van der Waals surface area contributed by atoms with Crippen molar-refractivity contribution in [3.8, 4) is 0 Å². The van der Waals surface area contributed by atoms with Gasteiger partial charge in [-0.05, 0) is 12.1 Å². The Morgan fingerprint density at radius 2 is 2.27 bits per heavy atom. The Labute approximate surface area is 96.9 Å². The minimum Gasteiger partial charge on any atom is -0.370 e. The van der Waals surface area contributed by atoms with Crippen molar-refractivity contribution in [2.75, 3.05) is 7.05 Å². The van der Waals surface area contributed by atoms with Crippen molar-refractivity contribution in [3.63, 3.8) is 0 Å². The molecule has 5 N–H and O–H groups in total. The SMILES string of the molecule is CN(Cc1ccc(Cl)s1)C(=N)N=C(N)N. The molecule has 0 fully saturated rings. The standard InChI is InChI=1S/C8H12ClN5S/c1-14(8(12)13-7(10)11)4-5-2-3-6(9)15-5/h2-3H,4H2,1H3,(H5,10,11,12,13). The highest BCUT2D eigenvalue weighted by Crippen LogP contribution is 2.22. The summed E-state index contributed by atoms with van der Waals surface area (Å²) in [5, 5.41) is 7.53. The molecule has 1 rings (SSSR count). The van der Waals surface area contributed by atoms with E-state index in [-0.39, 0.29) is 11.9 Å². The molecule has 0 spiro atoms. The summed E-state index contributed by atoms with van der Waals surface area (Å²) >= 11 is 7.26. The Morgan fingerprint density at radius 1 is 1.60 bits per heavy atom. The Hall–Kier alpha value is -1.27. The topological polar surface area (TPSA) is 91.5 Å². The molecule has 0 radical (unpaired) electrons. The van der Waals surface area contributed by atoms with Gasteiger partial charge in [0.2, 0.25) is 5.96 Å². The van der Waals surface area contributed by atoms with Gasteiger partial charge in [0.15, 0.2) is 5.96 Å². The third-order valence-corrected chi connectivity index (χ3v) is 2.83. The molecule has 0 unspecified atom stereocenters. The highest BCUT2D eigenvalue weighted by atomic mass is 35.5. The summed E-state index contributed by atoms with van der Waals surface area (Å²) < 4.78 is 0.728. The molecule has 0 amide bonds. The van der Waals surface area contributed by atoms with Gasteiger partial charge in [-0.2, -0.15) is 4.99 Å². The van der Waals surface area contributed by atoms with Crippen molar-refractivity contribution >= 4 is 34.9 Å². The van der Waals surface area contributed by atoms with Crippen molar-refractivity contribution in [1.82, 2.24) is 4.90 Å². The van der Waals surface area contributed by atoms with Gasteiger partial charge in [-0.25, -0.2) is 0 Å². The molecule has 0 aliphatic rings. The summed E-state index contributed by atoms with van der Waals surface area (Å²) in [4.78, 5) is 6.31. The van der Waals surface area contributed by atoms with E-state index in [2.05, 4.69) is 4.99 Å². The van der Waals surface area contributed by atoms with E-state index in [1.807, 2.05) is 12.1 Å². The molecule has 1 aromatic heterocycles. The van der Waals surface area contributed by atoms with Crippen LogP contribution in [0.4, 0.5) is 0 Å². The van der Waals surface area contributed by atoms with Crippen LogP contribution in [0.15, 0.2) is 17.1 Å². The number of hydrogen-bond donors (Lipinski definition) is 3. The van der Waals surface area contributed by atoms with Crippen molar-refractivity contribution in [2.45, 2.75) is 6.54 Å². The van der Waals surface area contributed by atoms with Gasteiger partial charge in [-0.15, -0.1) is 11.3 Å². The Kier molecular flexibility index (Phi) is 3.93. The average molecular weight is 246 g/mol. The molecule has 1 heterocycles. The quantitative estimate of drug-likeness (QED) is 0.537. The number of nitrogens with zero attached hydrogens (tertiary/aromatic N) is 2. The number of aliphatic imine (C=N–C) groups is 1. The fourth-order valence-electron chi connectivity index (χ4n) is 0.953. The van der Waals surface area contributed by atoms with Crippen LogP contribution in [0.25, 0.3) is 0 Å². The second-order valence-corrected chi connectivity index (χ2v) is 4.72. The first kappa shape index (κ1) is 11.8. The molecule has 1 aromatic rings. The zero-order valence-corrected chi connectivity index (χ0v) is 9.77. The summed E-state index contributed by atoms with van der Waals surface area (Å²) in [6.07, 6.45) is 0. The van der Waals surface area contributed by atoms with E-state index in [0.717, 1.165) is 9.21 Å². The molecule has 0 saturated carbocycles. The molecule has 82 valence electrons. The van der Waals surface area contributed by atoms with E-state index in [9.17, 15) is 0 Å². The summed E-state index contributed by atoms with van der Waals surface area (Å²) in [6.45, 7) is 0.562. The van der Waals surface area contributed by atoms with Gasteiger partial charge >= 0.3 is 0 Å². The molecular weight excluding hydrogens is 234 g/mol. The number of thiophene rings is 1. The van der Waals surface area contributed by atoms with E-state index in [0.29, 0.717) is 6.54 Å². The highest BCUT2D eigenvalue weighted by Gasteiger charge is 2.06. The second-order valence-electron chi connectivity index (χ2n) is 2.92. The average Bonchev–Trinajstić information content (AvgIpc) is 2.50. The zero-order valence-electron chi connectivity index (χ0n) is 8.20. The molecule has 0 aliphatic heterocycles. The van der Waals surface area contributed by atoms with Crippen LogP contribution >= 0.6 is 22.9 Å². The third kappa shape index (κ3) is 3.77. The number of rotatable bonds is 2. The lowest BCUT2D eigenvalue weighted by molar-refractivity contribution is 0.496. The molecule has 0 aliphatic carbocycles. The normalized spacial score (nSPS) is 9.73. The van der Waals surface area contributed by atoms with Gasteiger partial charge < -0.3 is 16.4 Å². The van der Waals surface area contributed by atoms with Crippen LogP contribution in [0.1, 0.15) is 4.88 Å². The molecular formula is C8H12ClN5S. The highest BCUT2D eigenvalue weighted by molar-refractivity contribution is 7.16. The van der Waals surface area contributed by atoms with Gasteiger partial charge in [0, 0.05) is 11.9 Å². The number of guanidine groups is 2. The Bertz CT molecular complexity index is 382. The zero-order chi connectivity index (χ0) is 11.4. The van der Waals surface area contributed by atoms with Gasteiger partial charge in [0.05, 0.1) is 10.9 Å². The first-order valence-electron chi connectivity index (χ1n) is 4.12. The van der Waals surface area contributed by atoms with Crippen molar-refractivity contribution in [1.29, 1.82) is 5.41 Å². The smallest absolute Gasteiger partial charge is 0.221 e. The van der Waals surface area contributed by atoms with Crippen molar-refractivity contribution in [2.24, 2.45) is 16.5 Å². The first-order valence-corrected chi connectivity index (χ1v) is 5.32. The Morgan fingerprint density at radius 3 is 2.73 bits per heavy atom. The van der Waals surface area contributed by atoms with Crippen LogP contribution in [0, 0.1) is 5.41 Å². The van der Waals surface area contributed by atoms with Gasteiger partial charge in [0.25, 0.3) is 0 Å². The summed E-state index contributed by atoms with van der Waals surface area (Å²) in [7, 11) is 1.74. The molecule has 0 aromatic carbocycles. The van der Waals surface area contributed by atoms with E-state index >= 15 is 0 Å². The number of halogens is 1. The number of nitrogens with two attached hydrogens (primary N) is 2. The Balaban J connectivity index is 2.59. The molecule has 0 atom stereocenters. The lowest BCUT2D eigenvalue weighted by Gasteiger charge is -2.15. The van der Waals surface area contributed by atoms with Gasteiger partial charge in [-0.3, -0.25) is 5.41 Å². The monoisotopic (exact) mass is 245 g/mol. The molecule has 0 saturated heterocycles. The van der Waals surface area contributed by atoms with Crippen LogP contribution in [-0.4, -0.2) is 23.9 Å². The molecule has 0 bridgehead atoms. The summed E-state index contributed by atoms with van der Waals surface area (Å²) in [5.74, 6) is -0.0874. The summed E-state index contributed by atoms with van der Waals surface area (Å²) in [6, 6.07) is 3.73. The van der Waals surface area contributed by atoms with Crippen molar-refractivity contribution in [3.05, 3.63) is 21.3 Å². The number of hydrogen-bond acceptors (Lipinski definition) is 2. The predicted octanol–water partition coefficient (Wildman–Crippen LogP) is 1.04. The molecule has 5 nitrogen and oxygen atoms in total. The maximum absolute atomic E-state index is 7.53. The lowest BCUT2D eigenvalue weighted by atomic mass is 10.4. The van der Waals surface area contributed by atoms with Crippen molar-refractivity contribution < 1.29 is 0 Å². The van der Waals surface area contributed by atoms with E-state index in [1.54, 1.807) is 11.9 Å². The molecule has 7 heteroatoms. The van der Waals surface area contributed by atoms with Gasteiger partial charge in [0.1, 0.15) is 0 Å². The predicted molar refractivity (Wildman–Crippen MR) is 64.3 cm³/mol. The maximum atomic E-state index is 7.53. The van der Waals surface area contributed by atoms with Crippen LogP contribution in [0.3, 0.4) is 0 Å². The van der Waals surface area contributed by atoms with Crippen LogP contribution < -0.4 is 11.5 Å². The minimum atomic E-state index is -0.115. The van der Waals surface area contributed by atoms with Gasteiger partial charge in [-0.1, -0.05) is 11.6 Å². The van der Waals surface area contributed by atoms with Crippen LogP contribution in [0.5, 0.6) is 0 Å². The van der Waals surface area contributed by atoms with Crippen LogP contribution in [0.2, 0.25) is 4.34 Å². The maximum Gasteiger partial charge on any atom is 0.221 e. The minimum absolute atomic E-state index is 0.0273. The first-order chi connectivity index (χ1) is 6.99. The molecule has 15 heavy (non-hydrogen) atoms. The van der Waals surface area contributed by atoms with E-state index in [4.69, 9.17) is 28.5 Å². The fourth-order valence-corrected chi connectivity index (χ4v) is 2.09. The fraction of sp³-hybridized carbons (Fsp3) is 0.250. The lowest BCUT2D eigenvalue weighted by Crippen LogP contribution is -2.30. The van der Waals surface area contributed by atoms with Crippen LogP contribution in [-0.2, 0) is 6.54 Å².